The van der Waals surface area contributed by atoms with Crippen LogP contribution >= 0.6 is 11.3 Å². The molecule has 0 bridgehead atoms. The van der Waals surface area contributed by atoms with Crippen LogP contribution in [0.15, 0.2) is 34.5 Å². The highest BCUT2D eigenvalue weighted by atomic mass is 32.2. The van der Waals surface area contributed by atoms with Crippen molar-refractivity contribution >= 4 is 38.1 Å². The van der Waals surface area contributed by atoms with Crippen molar-refractivity contribution in [2.45, 2.75) is 24.3 Å². The number of aromatic nitrogens is 1. The van der Waals surface area contributed by atoms with E-state index in [1.807, 2.05) is 0 Å². The molecule has 9 heteroatoms. The normalized spacial score (nSPS) is 18.5. The van der Waals surface area contributed by atoms with E-state index in [4.69, 9.17) is 0 Å². The molecule has 24 heavy (non-hydrogen) atoms. The van der Waals surface area contributed by atoms with E-state index in [0.29, 0.717) is 17.1 Å². The summed E-state index contributed by atoms with van der Waals surface area (Å²) in [7, 11) is -3.30. The Balaban J connectivity index is 1.80. The second-order valence-corrected chi connectivity index (χ2v) is 8.33. The third-order valence-corrected chi connectivity index (χ3v) is 6.20. The molecule has 1 unspecified atom stereocenters. The molecular formula is C15H15N3O4S2. The first-order chi connectivity index (χ1) is 11.4. The number of nitrogens with one attached hydrogen (secondary N) is 2. The van der Waals surface area contributed by atoms with Crippen LogP contribution in [0.25, 0.3) is 0 Å². The van der Waals surface area contributed by atoms with E-state index < -0.39 is 15.7 Å². The molecule has 0 fully saturated rings. The summed E-state index contributed by atoms with van der Waals surface area (Å²) in [6, 6.07) is 6.29. The Labute approximate surface area is 143 Å². The van der Waals surface area contributed by atoms with Gasteiger partial charge < -0.3 is 10.6 Å². The van der Waals surface area contributed by atoms with E-state index in [2.05, 4.69) is 15.6 Å². The average Bonchev–Trinajstić information content (AvgIpc) is 2.98. The third-order valence-electron chi connectivity index (χ3n) is 3.63. The molecule has 2 aromatic rings. The van der Waals surface area contributed by atoms with Crippen molar-refractivity contribution in [3.05, 3.63) is 40.9 Å². The fourth-order valence-corrected chi connectivity index (χ4v) is 4.92. The molecule has 2 heterocycles. The topological polar surface area (TPSA) is 105 Å². The first-order valence-corrected chi connectivity index (χ1v) is 9.75. The summed E-state index contributed by atoms with van der Waals surface area (Å²) in [5, 5.41) is 7.24. The maximum atomic E-state index is 12.4. The molecule has 0 aliphatic carbocycles. The van der Waals surface area contributed by atoms with Crippen LogP contribution in [0.5, 0.6) is 0 Å². The molecule has 0 spiro atoms. The van der Waals surface area contributed by atoms with E-state index >= 15 is 0 Å². The molecule has 7 nitrogen and oxygen atoms in total. The summed E-state index contributed by atoms with van der Waals surface area (Å²) in [6.07, 6.45) is 0.313. The molecule has 3 rings (SSSR count). The lowest BCUT2D eigenvalue weighted by molar-refractivity contribution is -0.114. The van der Waals surface area contributed by atoms with Gasteiger partial charge in [0, 0.05) is 12.3 Å². The van der Waals surface area contributed by atoms with Gasteiger partial charge >= 0.3 is 0 Å². The van der Waals surface area contributed by atoms with Gasteiger partial charge in [-0.05, 0) is 18.1 Å². The highest BCUT2D eigenvalue weighted by Crippen LogP contribution is 2.32. The first-order valence-electron chi connectivity index (χ1n) is 7.22. The van der Waals surface area contributed by atoms with Gasteiger partial charge in [-0.1, -0.05) is 18.2 Å². The van der Waals surface area contributed by atoms with Crippen LogP contribution < -0.4 is 10.6 Å². The number of carbonyl (C=O) groups is 2. The Bertz CT molecular complexity index is 905. The van der Waals surface area contributed by atoms with Crippen molar-refractivity contribution in [2.75, 3.05) is 11.1 Å². The number of rotatable bonds is 3. The van der Waals surface area contributed by atoms with E-state index in [1.54, 1.807) is 29.6 Å². The van der Waals surface area contributed by atoms with E-state index in [0.717, 1.165) is 11.3 Å². The number of nitrogens with zero attached hydrogens (tertiary/aromatic N) is 1. The van der Waals surface area contributed by atoms with Crippen LogP contribution in [0, 0.1) is 0 Å². The minimum absolute atomic E-state index is 0.0107. The van der Waals surface area contributed by atoms with E-state index in [-0.39, 0.29) is 28.3 Å². The molecule has 1 atom stereocenters. The van der Waals surface area contributed by atoms with Crippen LogP contribution in [-0.2, 0) is 14.6 Å². The molecule has 1 aliphatic rings. The Hall–Kier alpha value is -2.26. The standard InChI is InChI=1S/C15H15N3O4S2/c1-9(19)16-15-18-12(8-23-15)14(20)17-11-6-7-24(21,22)13-5-3-2-4-10(11)13/h2-5,8,11H,6-7H2,1H3,(H,17,20)(H,16,18,19). The number of thiazole rings is 1. The van der Waals surface area contributed by atoms with Gasteiger partial charge in [-0.25, -0.2) is 13.4 Å². The number of anilines is 1. The number of sulfone groups is 1. The molecule has 0 saturated carbocycles. The smallest absolute Gasteiger partial charge is 0.271 e. The van der Waals surface area contributed by atoms with Gasteiger partial charge in [-0.15, -0.1) is 11.3 Å². The molecule has 1 aromatic carbocycles. The average molecular weight is 365 g/mol. The second-order valence-electron chi connectivity index (χ2n) is 5.39. The number of fused-ring (bicyclic) bond motifs is 1. The van der Waals surface area contributed by atoms with Gasteiger partial charge in [0.15, 0.2) is 15.0 Å². The summed E-state index contributed by atoms with van der Waals surface area (Å²) in [4.78, 5) is 27.7. The maximum Gasteiger partial charge on any atom is 0.271 e. The summed E-state index contributed by atoms with van der Waals surface area (Å²) >= 11 is 1.15. The van der Waals surface area contributed by atoms with E-state index in [1.165, 1.54) is 6.92 Å². The van der Waals surface area contributed by atoms with Crippen molar-refractivity contribution in [3.8, 4) is 0 Å². The zero-order chi connectivity index (χ0) is 17.3. The quantitative estimate of drug-likeness (QED) is 0.862. The number of hydrogen-bond donors (Lipinski definition) is 2. The Morgan fingerprint density at radius 2 is 2.04 bits per heavy atom. The monoisotopic (exact) mass is 365 g/mol. The van der Waals surface area contributed by atoms with Gasteiger partial charge in [-0.2, -0.15) is 0 Å². The summed E-state index contributed by atoms with van der Waals surface area (Å²) in [6.45, 7) is 1.36. The zero-order valence-corrected chi connectivity index (χ0v) is 14.4. The van der Waals surface area contributed by atoms with Crippen LogP contribution in [0.2, 0.25) is 0 Å². The Morgan fingerprint density at radius 3 is 2.79 bits per heavy atom. The lowest BCUT2D eigenvalue weighted by Gasteiger charge is -2.25. The molecule has 126 valence electrons. The van der Waals surface area contributed by atoms with Gasteiger partial charge in [-0.3, -0.25) is 9.59 Å². The Kier molecular flexibility index (Phi) is 4.37. The molecule has 1 aromatic heterocycles. The lowest BCUT2D eigenvalue weighted by Crippen LogP contribution is -2.34. The first kappa shape index (κ1) is 16.6. The largest absolute Gasteiger partial charge is 0.344 e. The van der Waals surface area contributed by atoms with Crippen LogP contribution in [0.3, 0.4) is 0 Å². The third kappa shape index (κ3) is 3.31. The predicted molar refractivity (Wildman–Crippen MR) is 89.7 cm³/mol. The molecule has 1 aliphatic heterocycles. The minimum Gasteiger partial charge on any atom is -0.344 e. The molecule has 0 radical (unpaired) electrons. The van der Waals surface area contributed by atoms with Crippen molar-refractivity contribution in [2.24, 2.45) is 0 Å². The fraction of sp³-hybridized carbons (Fsp3) is 0.267. The Morgan fingerprint density at radius 1 is 1.29 bits per heavy atom. The van der Waals surface area contributed by atoms with Crippen LogP contribution in [-0.4, -0.2) is 31.0 Å². The number of hydrogen-bond acceptors (Lipinski definition) is 6. The summed E-state index contributed by atoms with van der Waals surface area (Å²) in [5.74, 6) is -0.673. The molecule has 0 saturated heterocycles. The lowest BCUT2D eigenvalue weighted by atomic mass is 10.0. The molecular weight excluding hydrogens is 350 g/mol. The molecule has 2 amide bonds. The van der Waals surface area contributed by atoms with Crippen LogP contribution in [0.4, 0.5) is 5.13 Å². The highest BCUT2D eigenvalue weighted by Gasteiger charge is 2.31. The van der Waals surface area contributed by atoms with Crippen molar-refractivity contribution in [1.82, 2.24) is 10.3 Å². The van der Waals surface area contributed by atoms with E-state index in [9.17, 15) is 18.0 Å². The maximum absolute atomic E-state index is 12.4. The summed E-state index contributed by atoms with van der Waals surface area (Å²) < 4.78 is 24.2. The van der Waals surface area contributed by atoms with Crippen molar-refractivity contribution in [1.29, 1.82) is 0 Å². The highest BCUT2D eigenvalue weighted by molar-refractivity contribution is 7.91. The van der Waals surface area contributed by atoms with Gasteiger partial charge in [0.05, 0.1) is 16.7 Å². The van der Waals surface area contributed by atoms with Gasteiger partial charge in [0.2, 0.25) is 5.91 Å². The number of carbonyl (C=O) groups excluding carboxylic acids is 2. The second kappa shape index (κ2) is 6.33. The number of amides is 2. The summed E-state index contributed by atoms with van der Waals surface area (Å²) in [5.41, 5.74) is 0.782. The fourth-order valence-electron chi connectivity index (χ4n) is 2.56. The van der Waals surface area contributed by atoms with Crippen molar-refractivity contribution in [3.63, 3.8) is 0 Å². The minimum atomic E-state index is -3.30. The van der Waals surface area contributed by atoms with Crippen LogP contribution in [0.1, 0.15) is 35.4 Å². The van der Waals surface area contributed by atoms with Crippen molar-refractivity contribution < 1.29 is 18.0 Å². The molecule has 2 N–H and O–H groups in total. The van der Waals surface area contributed by atoms with Gasteiger partial charge in [0.25, 0.3) is 5.91 Å². The predicted octanol–water partition coefficient (Wildman–Crippen LogP) is 1.75. The zero-order valence-electron chi connectivity index (χ0n) is 12.8. The SMILES string of the molecule is CC(=O)Nc1nc(C(=O)NC2CCS(=O)(=O)c3ccccc32)cs1. The van der Waals surface area contributed by atoms with Gasteiger partial charge in [0.1, 0.15) is 5.69 Å². The number of benzene rings is 1.